The van der Waals surface area contributed by atoms with Crippen LogP contribution in [0.5, 0.6) is 0 Å². The van der Waals surface area contributed by atoms with Crippen molar-refractivity contribution in [3.8, 4) is 0 Å². The van der Waals surface area contributed by atoms with Crippen molar-refractivity contribution >= 4 is 51.3 Å². The quantitative estimate of drug-likeness (QED) is 0.267. The monoisotopic (exact) mass is 560 g/mol. The maximum absolute atomic E-state index is 13.2. The summed E-state index contributed by atoms with van der Waals surface area (Å²) in [6, 6.07) is 5.00. The van der Waals surface area contributed by atoms with Crippen molar-refractivity contribution in [2.45, 2.75) is 32.6 Å². The van der Waals surface area contributed by atoms with Crippen molar-refractivity contribution in [1.29, 1.82) is 0 Å². The second-order valence-electron chi connectivity index (χ2n) is 9.56. The zero-order valence-electron chi connectivity index (χ0n) is 22.6. The molecule has 0 bridgehead atoms. The Morgan fingerprint density at radius 3 is 2.45 bits per heavy atom. The topological polar surface area (TPSA) is 109 Å². The molecule has 1 saturated heterocycles. The molecule has 4 N–H and O–H groups in total. The molecule has 3 heterocycles. The molecule has 1 aromatic heterocycles. The van der Waals surface area contributed by atoms with Gasteiger partial charge in [-0.2, -0.15) is 10.6 Å². The molecule has 1 aromatic carbocycles. The molecule has 0 spiro atoms. The van der Waals surface area contributed by atoms with Gasteiger partial charge in [0, 0.05) is 53.9 Å². The van der Waals surface area contributed by atoms with Crippen LogP contribution in [-0.2, 0) is 4.79 Å². The zero-order valence-corrected chi connectivity index (χ0v) is 24.2. The van der Waals surface area contributed by atoms with E-state index in [1.807, 2.05) is 25.7 Å². The lowest BCUT2D eigenvalue weighted by molar-refractivity contribution is -0.110. The maximum Gasteiger partial charge on any atom is 0.256 e. The van der Waals surface area contributed by atoms with E-state index in [-0.39, 0.29) is 17.6 Å². The number of aryl methyl sites for hydroxylation is 1. The second-order valence-corrected chi connectivity index (χ2v) is 12.3. The fourth-order valence-corrected chi connectivity index (χ4v) is 5.64. The minimum atomic E-state index is -3.01. The highest BCUT2D eigenvalue weighted by Crippen LogP contribution is 2.50. The van der Waals surface area contributed by atoms with Crippen LogP contribution in [-0.4, -0.2) is 74.7 Å². The van der Waals surface area contributed by atoms with Crippen LogP contribution in [0.25, 0.3) is 11.6 Å². The molecule has 10 heteroatoms. The Hall–Kier alpha value is -2.82. The van der Waals surface area contributed by atoms with Crippen LogP contribution in [0.4, 0.5) is 5.69 Å². The van der Waals surface area contributed by atoms with Gasteiger partial charge in [-0.05, 0) is 64.6 Å². The van der Waals surface area contributed by atoms with Gasteiger partial charge >= 0.3 is 0 Å². The minimum Gasteiger partial charge on any atom is -0.358 e. The van der Waals surface area contributed by atoms with E-state index in [1.165, 1.54) is 0 Å². The molecule has 8 nitrogen and oxygen atoms in total. The molecule has 2 aliphatic heterocycles. The number of hydrogen-bond acceptors (Lipinski definition) is 5. The van der Waals surface area contributed by atoms with Crippen LogP contribution in [0.3, 0.4) is 0 Å². The number of nitrogens with one attached hydrogen (secondary N) is 2. The lowest BCUT2D eigenvalue weighted by Crippen LogP contribution is -2.47. The van der Waals surface area contributed by atoms with Gasteiger partial charge in [-0.3, -0.25) is 18.7 Å². The Morgan fingerprint density at radius 2 is 1.84 bits per heavy atom. The maximum atomic E-state index is 13.2. The molecular weight excluding hydrogens is 524 g/mol. The first-order valence-electron chi connectivity index (χ1n) is 12.4. The number of allylic oxidation sites excluding steroid dienone is 2. The summed E-state index contributed by atoms with van der Waals surface area (Å²) in [4.78, 5) is 33.8. The third-order valence-electron chi connectivity index (χ3n) is 6.49. The minimum absolute atomic E-state index is 0.000448. The van der Waals surface area contributed by atoms with Gasteiger partial charge in [-0.15, -0.1) is 0 Å². The first-order valence-corrected chi connectivity index (χ1v) is 14.5. The second kappa shape index (κ2) is 12.4. The van der Waals surface area contributed by atoms with Gasteiger partial charge in [-0.1, -0.05) is 30.3 Å². The number of fused-ring (bicyclic) bond motifs is 1. The van der Waals surface area contributed by atoms with Crippen LogP contribution < -0.4 is 5.32 Å². The fourth-order valence-electron chi connectivity index (χ4n) is 4.39. The number of nitrogens with zero attached hydrogens (tertiary/aromatic N) is 2. The molecule has 2 amide bonds. The van der Waals surface area contributed by atoms with Gasteiger partial charge in [0.1, 0.15) is 0 Å². The molecule has 2 aliphatic rings. The van der Waals surface area contributed by atoms with Gasteiger partial charge < -0.3 is 20.1 Å². The van der Waals surface area contributed by atoms with E-state index in [1.54, 1.807) is 43.4 Å². The SMILES string of the molecule is C/C=C/CS(O)(O)c1ccc2c(c1)/C(=C/c1[nH]c(C)c(C(=O)N3CCN(C)CC3)c1C)C(=O)N2.C=C(C)Cl. The molecule has 0 saturated carbocycles. The van der Waals surface area contributed by atoms with Crippen molar-refractivity contribution in [3.05, 3.63) is 70.0 Å². The Morgan fingerprint density at radius 1 is 1.21 bits per heavy atom. The standard InChI is InChI=1S/C25H32N4O4S.C3H5Cl/c1-5-6-13-34(32,33)18-7-8-21-19(14-18)20(24(30)27-21)15-22-16(2)23(17(3)26-22)25(31)29-11-9-28(4)10-12-29;1-3(2)4/h5-8,14-15,26,32-33H,9-13H2,1-4H3,(H,27,30);1H2,2H3/b6-5+,20-15-;. The lowest BCUT2D eigenvalue weighted by Gasteiger charge is -2.32. The molecule has 1 fully saturated rings. The van der Waals surface area contributed by atoms with E-state index in [9.17, 15) is 18.7 Å². The predicted molar refractivity (Wildman–Crippen MR) is 158 cm³/mol. The van der Waals surface area contributed by atoms with E-state index in [0.717, 1.165) is 24.3 Å². The van der Waals surface area contributed by atoms with E-state index < -0.39 is 10.6 Å². The number of hydrogen-bond donors (Lipinski definition) is 4. The van der Waals surface area contributed by atoms with Crippen molar-refractivity contribution in [1.82, 2.24) is 14.8 Å². The highest BCUT2D eigenvalue weighted by molar-refractivity contribution is 8.24. The number of likely N-dealkylation sites (N-methyl/N-ethyl adjacent to an activating group) is 1. The van der Waals surface area contributed by atoms with E-state index >= 15 is 0 Å². The summed E-state index contributed by atoms with van der Waals surface area (Å²) in [5.41, 5.74) is 4.55. The predicted octanol–water partition coefficient (Wildman–Crippen LogP) is 5.96. The van der Waals surface area contributed by atoms with E-state index in [2.05, 4.69) is 28.8 Å². The Balaban J connectivity index is 0.000000934. The smallest absolute Gasteiger partial charge is 0.256 e. The van der Waals surface area contributed by atoms with Crippen LogP contribution >= 0.6 is 22.2 Å². The van der Waals surface area contributed by atoms with E-state index in [0.29, 0.717) is 51.1 Å². The van der Waals surface area contributed by atoms with Gasteiger partial charge in [0.05, 0.1) is 21.8 Å². The number of aromatic nitrogens is 1. The number of benzene rings is 1. The molecule has 2 aromatic rings. The third-order valence-corrected chi connectivity index (χ3v) is 8.15. The Bertz CT molecular complexity index is 1290. The Labute approximate surface area is 231 Å². The average molecular weight is 561 g/mol. The van der Waals surface area contributed by atoms with Crippen molar-refractivity contribution in [2.75, 3.05) is 44.3 Å². The molecule has 0 unspecified atom stereocenters. The number of aromatic amines is 1. The summed E-state index contributed by atoms with van der Waals surface area (Å²) in [5.74, 6) is -0.147. The van der Waals surface area contributed by atoms with Crippen LogP contribution in [0.15, 0.2) is 46.9 Å². The fraction of sp³-hybridized carbons (Fsp3) is 0.357. The van der Waals surface area contributed by atoms with Gasteiger partial charge in [0.2, 0.25) is 0 Å². The molecule has 0 aliphatic carbocycles. The zero-order chi connectivity index (χ0) is 28.2. The van der Waals surface area contributed by atoms with Crippen LogP contribution in [0, 0.1) is 13.8 Å². The van der Waals surface area contributed by atoms with Crippen LogP contribution in [0.2, 0.25) is 0 Å². The molecule has 4 rings (SSSR count). The summed E-state index contributed by atoms with van der Waals surface area (Å²) in [6.45, 7) is 13.7. The number of carbonyl (C=O) groups is 2. The summed E-state index contributed by atoms with van der Waals surface area (Å²) in [6.07, 6.45) is 5.23. The van der Waals surface area contributed by atoms with Crippen molar-refractivity contribution < 1.29 is 18.7 Å². The van der Waals surface area contributed by atoms with Gasteiger partial charge in [0.25, 0.3) is 11.8 Å². The number of rotatable bonds is 5. The summed E-state index contributed by atoms with van der Waals surface area (Å²) in [5, 5.41) is 3.48. The number of carbonyl (C=O) groups excluding carboxylic acids is 2. The number of anilines is 1. The first kappa shape index (κ1) is 29.7. The third kappa shape index (κ3) is 6.78. The number of halogens is 1. The summed E-state index contributed by atoms with van der Waals surface area (Å²) in [7, 11) is -0.961. The lowest BCUT2D eigenvalue weighted by atomic mass is 10.0. The average Bonchev–Trinajstić information content (AvgIpc) is 3.31. The molecule has 206 valence electrons. The molecular formula is C28H37ClN4O4S. The largest absolute Gasteiger partial charge is 0.358 e. The molecule has 38 heavy (non-hydrogen) atoms. The summed E-state index contributed by atoms with van der Waals surface area (Å²) < 4.78 is 21.2. The number of H-pyrrole nitrogens is 1. The van der Waals surface area contributed by atoms with Crippen molar-refractivity contribution in [2.24, 2.45) is 0 Å². The highest BCUT2D eigenvalue weighted by Gasteiger charge is 2.29. The van der Waals surface area contributed by atoms with E-state index in [4.69, 9.17) is 11.6 Å². The number of piperazine rings is 1. The molecule has 0 radical (unpaired) electrons. The Kier molecular flexibility index (Phi) is 9.67. The first-order chi connectivity index (χ1) is 17.9. The van der Waals surface area contributed by atoms with Crippen LogP contribution in [0.1, 0.15) is 46.7 Å². The van der Waals surface area contributed by atoms with Gasteiger partial charge in [0.15, 0.2) is 0 Å². The van der Waals surface area contributed by atoms with Gasteiger partial charge in [-0.25, -0.2) is 0 Å². The van der Waals surface area contributed by atoms with Crippen molar-refractivity contribution in [3.63, 3.8) is 0 Å². The number of amides is 2. The molecule has 0 atom stereocenters. The normalized spacial score (nSPS) is 17.3. The highest BCUT2D eigenvalue weighted by atomic mass is 35.5. The summed E-state index contributed by atoms with van der Waals surface area (Å²) >= 11 is 5.08.